The number of aldehydes is 1. The van der Waals surface area contributed by atoms with Crippen LogP contribution in [0.3, 0.4) is 0 Å². The summed E-state index contributed by atoms with van der Waals surface area (Å²) in [4.78, 5) is 20.6. The van der Waals surface area contributed by atoms with Crippen LogP contribution in [0.1, 0.15) is 26.3 Å². The van der Waals surface area contributed by atoms with Gasteiger partial charge >= 0.3 is 5.97 Å². The number of hydrogen-bond donors (Lipinski definition) is 2. The van der Waals surface area contributed by atoms with E-state index in [1.165, 1.54) is 13.2 Å². The van der Waals surface area contributed by atoms with Crippen molar-refractivity contribution < 1.29 is 24.5 Å². The van der Waals surface area contributed by atoms with E-state index in [1.807, 2.05) is 6.92 Å². The Morgan fingerprint density at radius 2 is 1.76 bits per heavy atom. The van der Waals surface area contributed by atoms with E-state index >= 15 is 0 Å². The Bertz CT molecular complexity index is 617. The number of carbonyl (C=O) groups is 2. The van der Waals surface area contributed by atoms with Crippen LogP contribution in [-0.4, -0.2) is 29.6 Å². The molecule has 0 aliphatic rings. The van der Waals surface area contributed by atoms with Crippen LogP contribution in [0.4, 0.5) is 0 Å². The summed E-state index contributed by atoms with van der Waals surface area (Å²) in [7, 11) is 1.43. The molecule has 2 rings (SSSR count). The number of ether oxygens (including phenoxy) is 1. The lowest BCUT2D eigenvalue weighted by atomic mass is 10.2. The van der Waals surface area contributed by atoms with Gasteiger partial charge in [0.15, 0.2) is 17.8 Å². The van der Waals surface area contributed by atoms with Gasteiger partial charge in [-0.2, -0.15) is 0 Å². The third kappa shape index (κ3) is 4.65. The largest absolute Gasteiger partial charge is 0.504 e. The summed E-state index contributed by atoms with van der Waals surface area (Å²) in [6.07, 6.45) is 0.581. The number of aromatic hydroxyl groups is 1. The SMILES string of the molecule is COc1cccc(C=O)c1O.Cc1ccc(C(=O)O)cc1. The second-order valence-corrected chi connectivity index (χ2v) is 4.19. The number of methoxy groups -OCH3 is 1. The van der Waals surface area contributed by atoms with E-state index in [-0.39, 0.29) is 11.3 Å². The molecule has 0 heterocycles. The van der Waals surface area contributed by atoms with Crippen molar-refractivity contribution in [2.45, 2.75) is 6.92 Å². The lowest BCUT2D eigenvalue weighted by Gasteiger charge is -2.02. The quantitative estimate of drug-likeness (QED) is 0.848. The van der Waals surface area contributed by atoms with Crippen LogP contribution in [0.15, 0.2) is 42.5 Å². The zero-order valence-electron chi connectivity index (χ0n) is 11.7. The fourth-order valence-corrected chi connectivity index (χ4v) is 1.50. The highest BCUT2D eigenvalue weighted by atomic mass is 16.5. The van der Waals surface area contributed by atoms with Crippen molar-refractivity contribution in [3.63, 3.8) is 0 Å². The van der Waals surface area contributed by atoms with Crippen LogP contribution < -0.4 is 4.74 Å². The molecule has 0 aliphatic heterocycles. The van der Waals surface area contributed by atoms with Gasteiger partial charge in [0, 0.05) is 0 Å². The molecule has 0 aromatic heterocycles. The van der Waals surface area contributed by atoms with Gasteiger partial charge in [-0.1, -0.05) is 23.8 Å². The summed E-state index contributed by atoms with van der Waals surface area (Å²) >= 11 is 0. The third-order valence-corrected chi connectivity index (χ3v) is 2.68. The molecule has 2 aromatic carbocycles. The molecule has 0 aliphatic carbocycles. The number of carboxylic acids is 1. The summed E-state index contributed by atoms with van der Waals surface area (Å²) in [6, 6.07) is 11.5. The summed E-state index contributed by atoms with van der Waals surface area (Å²) in [6.45, 7) is 1.92. The van der Waals surface area contributed by atoms with Gasteiger partial charge in [-0.3, -0.25) is 4.79 Å². The fourth-order valence-electron chi connectivity index (χ4n) is 1.50. The van der Waals surface area contributed by atoms with Gasteiger partial charge in [0.05, 0.1) is 18.2 Å². The highest BCUT2D eigenvalue weighted by molar-refractivity contribution is 5.87. The Balaban J connectivity index is 0.000000211. The molecular weight excluding hydrogens is 272 g/mol. The van der Waals surface area contributed by atoms with Gasteiger partial charge < -0.3 is 14.9 Å². The van der Waals surface area contributed by atoms with Crippen molar-refractivity contribution in [3.05, 3.63) is 59.2 Å². The zero-order valence-corrected chi connectivity index (χ0v) is 11.7. The molecule has 21 heavy (non-hydrogen) atoms. The maximum Gasteiger partial charge on any atom is 0.335 e. The fraction of sp³-hybridized carbons (Fsp3) is 0.125. The molecule has 0 radical (unpaired) electrons. The topological polar surface area (TPSA) is 83.8 Å². The van der Waals surface area contributed by atoms with Crippen molar-refractivity contribution in [3.8, 4) is 11.5 Å². The molecule has 0 bridgehead atoms. The van der Waals surface area contributed by atoms with E-state index < -0.39 is 5.97 Å². The Kier molecular flexibility index (Phi) is 5.95. The Morgan fingerprint density at radius 1 is 1.14 bits per heavy atom. The molecule has 0 unspecified atom stereocenters. The predicted molar refractivity (Wildman–Crippen MR) is 78.2 cm³/mol. The highest BCUT2D eigenvalue weighted by Gasteiger charge is 2.04. The predicted octanol–water partition coefficient (Wildman–Crippen LogP) is 2.91. The van der Waals surface area contributed by atoms with Crippen LogP contribution in [-0.2, 0) is 0 Å². The van der Waals surface area contributed by atoms with E-state index in [2.05, 4.69) is 0 Å². The number of aromatic carboxylic acids is 1. The Hall–Kier alpha value is -2.82. The van der Waals surface area contributed by atoms with Gasteiger partial charge in [-0.25, -0.2) is 4.79 Å². The van der Waals surface area contributed by atoms with Crippen molar-refractivity contribution >= 4 is 12.3 Å². The molecule has 5 nitrogen and oxygen atoms in total. The van der Waals surface area contributed by atoms with Crippen LogP contribution in [0.25, 0.3) is 0 Å². The number of hydrogen-bond acceptors (Lipinski definition) is 4. The molecule has 0 amide bonds. The first kappa shape index (κ1) is 16.2. The first-order valence-electron chi connectivity index (χ1n) is 6.10. The molecule has 0 fully saturated rings. The Labute approximate surface area is 122 Å². The minimum absolute atomic E-state index is 0.106. The number of carboxylic acid groups (broad SMARTS) is 1. The van der Waals surface area contributed by atoms with Gasteiger partial charge in [0.2, 0.25) is 0 Å². The molecule has 0 spiro atoms. The standard InChI is InChI=1S/C8H8O3.C8H8O2/c1-11-7-4-2-3-6(5-9)8(7)10;1-6-2-4-7(5-3-6)8(9)10/h2-5,10H,1H3;2-5H,1H3,(H,9,10). The van der Waals surface area contributed by atoms with Crippen LogP contribution >= 0.6 is 0 Å². The maximum absolute atomic E-state index is 10.3. The molecule has 2 aromatic rings. The van der Waals surface area contributed by atoms with E-state index in [0.717, 1.165) is 5.56 Å². The monoisotopic (exact) mass is 288 g/mol. The molecule has 5 heteroatoms. The summed E-state index contributed by atoms with van der Waals surface area (Å²) in [5.41, 5.74) is 1.65. The number of carbonyl (C=O) groups excluding carboxylic acids is 1. The first-order chi connectivity index (χ1) is 9.99. The van der Waals surface area contributed by atoms with Gasteiger partial charge in [0.25, 0.3) is 0 Å². The Morgan fingerprint density at radius 3 is 2.24 bits per heavy atom. The third-order valence-electron chi connectivity index (χ3n) is 2.68. The van der Waals surface area contributed by atoms with Crippen molar-refractivity contribution in [1.29, 1.82) is 0 Å². The molecule has 0 saturated heterocycles. The molecule has 110 valence electrons. The van der Waals surface area contributed by atoms with Gasteiger partial charge in [-0.15, -0.1) is 0 Å². The van der Waals surface area contributed by atoms with Crippen molar-refractivity contribution in [1.82, 2.24) is 0 Å². The number of benzene rings is 2. The number of rotatable bonds is 3. The van der Waals surface area contributed by atoms with E-state index in [4.69, 9.17) is 9.84 Å². The summed E-state index contributed by atoms with van der Waals surface area (Å²) in [5.74, 6) is -0.667. The minimum Gasteiger partial charge on any atom is -0.504 e. The number of aryl methyl sites for hydroxylation is 1. The second kappa shape index (κ2) is 7.69. The van der Waals surface area contributed by atoms with E-state index in [9.17, 15) is 14.7 Å². The van der Waals surface area contributed by atoms with E-state index in [1.54, 1.807) is 36.4 Å². The lowest BCUT2D eigenvalue weighted by molar-refractivity contribution is 0.0696. The maximum atomic E-state index is 10.3. The van der Waals surface area contributed by atoms with Crippen LogP contribution in [0, 0.1) is 6.92 Å². The minimum atomic E-state index is -0.875. The number of phenols is 1. The summed E-state index contributed by atoms with van der Waals surface area (Å²) in [5, 5.41) is 17.7. The number of phenolic OH excluding ortho intramolecular Hbond substituents is 1. The zero-order chi connectivity index (χ0) is 15.8. The number of para-hydroxylation sites is 1. The first-order valence-corrected chi connectivity index (χ1v) is 6.10. The molecule has 2 N–H and O–H groups in total. The average molecular weight is 288 g/mol. The van der Waals surface area contributed by atoms with Crippen molar-refractivity contribution in [2.24, 2.45) is 0 Å². The molecule has 0 saturated carbocycles. The van der Waals surface area contributed by atoms with Crippen LogP contribution in [0.2, 0.25) is 0 Å². The normalized spacial score (nSPS) is 9.24. The lowest BCUT2D eigenvalue weighted by Crippen LogP contribution is -1.94. The molecular formula is C16H16O5. The molecule has 0 atom stereocenters. The van der Waals surface area contributed by atoms with Crippen LogP contribution in [0.5, 0.6) is 11.5 Å². The summed E-state index contributed by atoms with van der Waals surface area (Å²) < 4.78 is 4.78. The van der Waals surface area contributed by atoms with Gasteiger partial charge in [0.1, 0.15) is 0 Å². The average Bonchev–Trinajstić information content (AvgIpc) is 2.48. The highest BCUT2D eigenvalue weighted by Crippen LogP contribution is 2.27. The second-order valence-electron chi connectivity index (χ2n) is 4.19. The van der Waals surface area contributed by atoms with Gasteiger partial charge in [-0.05, 0) is 31.2 Å². The van der Waals surface area contributed by atoms with Crippen molar-refractivity contribution in [2.75, 3.05) is 7.11 Å². The van der Waals surface area contributed by atoms with E-state index in [0.29, 0.717) is 17.6 Å². The smallest absolute Gasteiger partial charge is 0.335 e.